The molecule has 0 saturated carbocycles. The Morgan fingerprint density at radius 2 is 1.31 bits per heavy atom. The molecular weight excluding hydrogens is 783 g/mol. The number of anilines is 1. The number of carbonyl (C=O) groups excluding carboxylic acids is 4. The van der Waals surface area contributed by atoms with Crippen molar-refractivity contribution in [1.29, 1.82) is 0 Å². The van der Waals surface area contributed by atoms with Gasteiger partial charge in [-0.3, -0.25) is 19.2 Å². The van der Waals surface area contributed by atoms with Crippen molar-refractivity contribution in [1.82, 2.24) is 8.61 Å². The van der Waals surface area contributed by atoms with Gasteiger partial charge in [0, 0.05) is 18.1 Å². The van der Waals surface area contributed by atoms with Gasteiger partial charge in [0.15, 0.2) is 0 Å². The Hall–Kier alpha value is -3.45. The summed E-state index contributed by atoms with van der Waals surface area (Å²) >= 11 is 16.5. The van der Waals surface area contributed by atoms with Crippen molar-refractivity contribution in [3.05, 3.63) is 89.0 Å². The second-order valence-corrected chi connectivity index (χ2v) is 15.3. The first kappa shape index (κ1) is 43.7. The number of allylic oxidation sites excluding steroid dienone is 1. The maximum absolute atomic E-state index is 13.3. The van der Waals surface area contributed by atoms with Crippen LogP contribution < -0.4 is 4.31 Å². The number of hydrogen-bond acceptors (Lipinski definition) is 10. The Kier molecular flexibility index (Phi) is 16.6. The Bertz CT molecular complexity index is 1870. The normalized spacial score (nSPS) is 17.5. The molecular formula is C31H34Cl3F2N3O10S2. The zero-order valence-electron chi connectivity index (χ0n) is 27.3. The molecule has 20 heteroatoms. The molecule has 0 aromatic heterocycles. The van der Waals surface area contributed by atoms with E-state index in [9.17, 15) is 44.8 Å². The monoisotopic (exact) mass is 815 g/mol. The molecule has 2 aliphatic heterocycles. The van der Waals surface area contributed by atoms with Crippen molar-refractivity contribution in [3.63, 3.8) is 0 Å². The van der Waals surface area contributed by atoms with Gasteiger partial charge in [-0.15, -0.1) is 0 Å². The second kappa shape index (κ2) is 19.4. The molecule has 2 aromatic rings. The molecule has 0 unspecified atom stereocenters. The molecule has 0 radical (unpaired) electrons. The van der Waals surface area contributed by atoms with E-state index >= 15 is 0 Å². The number of benzene rings is 2. The zero-order valence-corrected chi connectivity index (χ0v) is 31.2. The fourth-order valence-electron chi connectivity index (χ4n) is 4.94. The Morgan fingerprint density at radius 1 is 0.843 bits per heavy atom. The zero-order chi connectivity index (χ0) is 38.7. The summed E-state index contributed by atoms with van der Waals surface area (Å²) in [5.41, 5.74) is 0.0667. The lowest BCUT2D eigenvalue weighted by atomic mass is 10.2. The summed E-state index contributed by atoms with van der Waals surface area (Å²) in [5, 5.41) is -0.732. The van der Waals surface area contributed by atoms with Crippen LogP contribution in [0.1, 0.15) is 31.2 Å². The number of hydrogen-bond donors (Lipinski definition) is 0. The molecule has 2 aromatic carbocycles. The fourth-order valence-corrected chi connectivity index (χ4v) is 9.15. The number of methoxy groups -OCH3 is 2. The maximum Gasteiger partial charge on any atom is 0.324 e. The minimum atomic E-state index is -4.47. The molecule has 0 aliphatic carbocycles. The Labute approximate surface area is 309 Å². The number of sulfonamides is 1. The number of carbonyl (C=O) groups is 4. The van der Waals surface area contributed by atoms with E-state index < -0.39 is 67.0 Å². The van der Waals surface area contributed by atoms with Crippen LogP contribution >= 0.6 is 34.8 Å². The molecule has 0 bridgehead atoms. The van der Waals surface area contributed by atoms with E-state index in [1.165, 1.54) is 13.2 Å². The van der Waals surface area contributed by atoms with Crippen LogP contribution in [0.15, 0.2) is 61.7 Å². The summed E-state index contributed by atoms with van der Waals surface area (Å²) < 4.78 is 88.9. The van der Waals surface area contributed by atoms with Crippen LogP contribution in [0.25, 0.3) is 0 Å². The number of esters is 2. The Morgan fingerprint density at radius 3 is 1.76 bits per heavy atom. The van der Waals surface area contributed by atoms with E-state index in [2.05, 4.69) is 22.6 Å². The lowest BCUT2D eigenvalue weighted by Gasteiger charge is -2.29. The average Bonchev–Trinajstić information content (AvgIpc) is 3.79. The molecule has 280 valence electrons. The highest BCUT2D eigenvalue weighted by molar-refractivity contribution is 7.91. The topological polar surface area (TPSA) is 165 Å². The molecule has 2 saturated heterocycles. The minimum Gasteiger partial charge on any atom is -0.468 e. The van der Waals surface area contributed by atoms with Crippen LogP contribution in [-0.4, -0.2) is 87.9 Å². The van der Waals surface area contributed by atoms with Crippen molar-refractivity contribution >= 4 is 83.8 Å². The van der Waals surface area contributed by atoms with Gasteiger partial charge in [-0.1, -0.05) is 42.4 Å². The van der Waals surface area contributed by atoms with E-state index in [0.717, 1.165) is 58.2 Å². The Balaban J connectivity index is 0.000000316. The van der Waals surface area contributed by atoms with Crippen molar-refractivity contribution in [2.75, 3.05) is 31.6 Å². The number of amides is 1. The molecule has 2 aliphatic rings. The van der Waals surface area contributed by atoms with Gasteiger partial charge >= 0.3 is 22.1 Å². The smallest absolute Gasteiger partial charge is 0.324 e. The van der Waals surface area contributed by atoms with Gasteiger partial charge < -0.3 is 9.47 Å². The lowest BCUT2D eigenvalue weighted by molar-refractivity contribution is -0.145. The standard InChI is InChI=1S/C15H16ClFN2O5S.C13H15ClFNO4S.C3H3ClO/c1-3-14(20)19(12-7-6-10(17)9-11(12)16)25(22,23)18-8-4-5-13(18)15(21)24-2;1-20-13(17)12-3-2-6-16(12)21(18,19)8-9-4-5-10(15)7-11(9)14;1-2-3(4)5/h3,6-7,9,13H,1,4-5,8H2,2H3;4-5,7,12H,2-3,6,8H2,1H3;2H,1H2/t13-;12-;/m00./s1. The number of halogens is 5. The highest BCUT2D eigenvalue weighted by Gasteiger charge is 2.44. The molecule has 2 atom stereocenters. The van der Waals surface area contributed by atoms with Crippen LogP contribution in [0.5, 0.6) is 0 Å². The van der Waals surface area contributed by atoms with E-state index in [-0.39, 0.29) is 41.0 Å². The van der Waals surface area contributed by atoms with E-state index in [1.54, 1.807) is 0 Å². The highest BCUT2D eigenvalue weighted by atomic mass is 35.5. The SMILES string of the molecule is C=CC(=O)Cl.C=CC(=O)N(c1ccc(F)cc1Cl)S(=O)(=O)N1CCC[C@H]1C(=O)OC.COC(=O)[C@@H]1CCCN1S(=O)(=O)Cc1ccc(F)cc1Cl. The van der Waals surface area contributed by atoms with E-state index in [1.807, 2.05) is 0 Å². The fraction of sp³-hybridized carbons (Fsp3) is 0.355. The predicted molar refractivity (Wildman–Crippen MR) is 187 cm³/mol. The quantitative estimate of drug-likeness (QED) is 0.186. The maximum atomic E-state index is 13.3. The molecule has 13 nitrogen and oxygen atoms in total. The third-order valence-corrected chi connectivity index (χ3v) is 11.8. The van der Waals surface area contributed by atoms with Gasteiger partial charge in [0.2, 0.25) is 15.3 Å². The third-order valence-electron chi connectivity index (χ3n) is 7.26. The summed E-state index contributed by atoms with van der Waals surface area (Å²) in [6.45, 7) is 6.65. The molecule has 2 fully saturated rings. The average molecular weight is 817 g/mol. The van der Waals surface area contributed by atoms with Crippen molar-refractivity contribution in [2.45, 2.75) is 43.5 Å². The summed E-state index contributed by atoms with van der Waals surface area (Å²) in [7, 11) is -5.82. The van der Waals surface area contributed by atoms with Crippen LogP contribution in [0, 0.1) is 11.6 Å². The first-order chi connectivity index (χ1) is 23.9. The molecule has 0 spiro atoms. The first-order valence-electron chi connectivity index (χ1n) is 14.7. The third kappa shape index (κ3) is 11.5. The first-order valence-corrected chi connectivity index (χ1v) is 18.8. The predicted octanol–water partition coefficient (Wildman–Crippen LogP) is 4.76. The summed E-state index contributed by atoms with van der Waals surface area (Å²) in [5.74, 6) is -3.87. The lowest BCUT2D eigenvalue weighted by Crippen LogP contribution is -2.50. The van der Waals surface area contributed by atoms with Gasteiger partial charge in [-0.05, 0) is 85.3 Å². The van der Waals surface area contributed by atoms with E-state index in [0.29, 0.717) is 29.1 Å². The van der Waals surface area contributed by atoms with Gasteiger partial charge in [0.05, 0.1) is 30.7 Å². The number of ether oxygens (including phenoxy) is 2. The van der Waals surface area contributed by atoms with Crippen LogP contribution in [0.3, 0.4) is 0 Å². The van der Waals surface area contributed by atoms with Crippen molar-refractivity contribution in [3.8, 4) is 0 Å². The summed E-state index contributed by atoms with van der Waals surface area (Å²) in [6.07, 6.45) is 3.55. The number of nitrogens with zero attached hydrogens (tertiary/aromatic N) is 3. The van der Waals surface area contributed by atoms with Gasteiger partial charge in [0.25, 0.3) is 5.91 Å². The largest absolute Gasteiger partial charge is 0.468 e. The van der Waals surface area contributed by atoms with Crippen molar-refractivity contribution < 1.29 is 54.3 Å². The minimum absolute atomic E-state index is 0.0296. The summed E-state index contributed by atoms with van der Waals surface area (Å²) in [6, 6.07) is 4.64. The molecule has 2 heterocycles. The van der Waals surface area contributed by atoms with E-state index in [4.69, 9.17) is 34.8 Å². The molecule has 1 amide bonds. The van der Waals surface area contributed by atoms with Gasteiger partial charge in [-0.2, -0.15) is 21.3 Å². The van der Waals surface area contributed by atoms with Gasteiger partial charge in [-0.25, -0.2) is 17.2 Å². The number of rotatable bonds is 10. The molecule has 51 heavy (non-hydrogen) atoms. The highest BCUT2D eigenvalue weighted by Crippen LogP contribution is 2.33. The van der Waals surface area contributed by atoms with Gasteiger partial charge in [0.1, 0.15) is 23.7 Å². The van der Waals surface area contributed by atoms with Crippen LogP contribution in [0.2, 0.25) is 10.0 Å². The van der Waals surface area contributed by atoms with Crippen molar-refractivity contribution in [2.24, 2.45) is 0 Å². The van der Waals surface area contributed by atoms with Crippen LogP contribution in [-0.2, 0) is 54.6 Å². The second-order valence-electron chi connectivity index (χ2n) is 10.5. The molecule has 4 rings (SSSR count). The summed E-state index contributed by atoms with van der Waals surface area (Å²) in [4.78, 5) is 45.2. The molecule has 0 N–H and O–H groups in total. The van der Waals surface area contributed by atoms with Crippen LogP contribution in [0.4, 0.5) is 14.5 Å².